The van der Waals surface area contributed by atoms with Crippen LogP contribution in [0.15, 0.2) is 43.7 Å². The molecule has 1 aromatic heterocycles. The Kier molecular flexibility index (Phi) is 3.07. The zero-order valence-corrected chi connectivity index (χ0v) is 10.7. The van der Waals surface area contributed by atoms with Gasteiger partial charge in [0.2, 0.25) is 0 Å². The van der Waals surface area contributed by atoms with Crippen molar-refractivity contribution >= 4 is 38.1 Å². The van der Waals surface area contributed by atoms with E-state index < -0.39 is 0 Å². The monoisotopic (exact) mass is 328 g/mol. The van der Waals surface area contributed by atoms with Gasteiger partial charge in [0.1, 0.15) is 5.76 Å². The number of carbonyl (C=O) groups excluding carboxylic acids is 1. The first kappa shape index (κ1) is 10.6. The van der Waals surface area contributed by atoms with Crippen molar-refractivity contribution in [2.75, 3.05) is 0 Å². The molecule has 0 radical (unpaired) electrons. The Bertz CT molecular complexity index is 483. The molecule has 1 aromatic carbocycles. The molecule has 0 fully saturated rings. The van der Waals surface area contributed by atoms with Crippen molar-refractivity contribution in [1.29, 1.82) is 0 Å². The maximum absolute atomic E-state index is 10.5. The predicted molar refractivity (Wildman–Crippen MR) is 64.9 cm³/mol. The molecule has 0 unspecified atom stereocenters. The Hall–Kier alpha value is -0.870. The second kappa shape index (κ2) is 4.33. The second-order valence-electron chi connectivity index (χ2n) is 2.92. The third kappa shape index (κ3) is 2.06. The highest BCUT2D eigenvalue weighted by Gasteiger charge is 2.11. The van der Waals surface area contributed by atoms with Crippen molar-refractivity contribution in [1.82, 2.24) is 0 Å². The molecule has 2 aromatic rings. The van der Waals surface area contributed by atoms with E-state index in [1.807, 2.05) is 18.2 Å². The van der Waals surface area contributed by atoms with Gasteiger partial charge in [0, 0.05) is 14.5 Å². The number of halogens is 2. The molecule has 0 saturated heterocycles. The lowest BCUT2D eigenvalue weighted by Crippen LogP contribution is -1.79. The van der Waals surface area contributed by atoms with E-state index in [9.17, 15) is 4.79 Å². The molecule has 0 saturated carbocycles. The van der Waals surface area contributed by atoms with Crippen LogP contribution in [0.1, 0.15) is 10.6 Å². The van der Waals surface area contributed by atoms with E-state index in [1.165, 1.54) is 0 Å². The molecule has 76 valence electrons. The molecule has 4 heteroatoms. The first-order valence-electron chi connectivity index (χ1n) is 4.22. The predicted octanol–water partition coefficient (Wildman–Crippen LogP) is 4.28. The Labute approximate surface area is 104 Å². The lowest BCUT2D eigenvalue weighted by atomic mass is 10.2. The Balaban J connectivity index is 2.58. The summed E-state index contributed by atoms with van der Waals surface area (Å²) in [5, 5.41) is 0. The summed E-state index contributed by atoms with van der Waals surface area (Å²) in [6, 6.07) is 9.18. The first-order valence-corrected chi connectivity index (χ1v) is 5.80. The van der Waals surface area contributed by atoms with Gasteiger partial charge in [0.25, 0.3) is 0 Å². The van der Waals surface area contributed by atoms with Gasteiger partial charge in [0.05, 0.1) is 0 Å². The summed E-state index contributed by atoms with van der Waals surface area (Å²) < 4.78 is 7.19. The molecule has 0 atom stereocenters. The van der Waals surface area contributed by atoms with Crippen molar-refractivity contribution < 1.29 is 9.21 Å². The van der Waals surface area contributed by atoms with E-state index >= 15 is 0 Å². The van der Waals surface area contributed by atoms with Crippen LogP contribution in [-0.4, -0.2) is 6.29 Å². The third-order valence-electron chi connectivity index (χ3n) is 1.95. The Morgan fingerprint density at radius 2 is 1.73 bits per heavy atom. The van der Waals surface area contributed by atoms with E-state index in [4.69, 9.17) is 4.42 Å². The van der Waals surface area contributed by atoms with E-state index in [0.717, 1.165) is 14.5 Å². The number of furan rings is 1. The van der Waals surface area contributed by atoms with E-state index in [2.05, 4.69) is 31.9 Å². The third-order valence-corrected chi connectivity index (χ3v) is 3.27. The average molecular weight is 330 g/mol. The number of hydrogen-bond donors (Lipinski definition) is 0. The highest BCUT2D eigenvalue weighted by atomic mass is 79.9. The van der Waals surface area contributed by atoms with Crippen LogP contribution in [-0.2, 0) is 0 Å². The molecule has 0 bridgehead atoms. The fraction of sp³-hybridized carbons (Fsp3) is 0. The molecule has 0 aliphatic heterocycles. The van der Waals surface area contributed by atoms with Crippen molar-refractivity contribution in [3.63, 3.8) is 0 Å². The van der Waals surface area contributed by atoms with Crippen molar-refractivity contribution in [3.05, 3.63) is 45.0 Å². The van der Waals surface area contributed by atoms with Crippen LogP contribution >= 0.6 is 31.9 Å². The number of aldehydes is 1. The fourth-order valence-corrected chi connectivity index (χ4v) is 2.67. The number of carbonyl (C=O) groups is 1. The van der Waals surface area contributed by atoms with Gasteiger partial charge in [-0.15, -0.1) is 0 Å². The molecular weight excluding hydrogens is 324 g/mol. The second-order valence-corrected chi connectivity index (χ2v) is 4.63. The van der Waals surface area contributed by atoms with Crippen molar-refractivity contribution in [2.24, 2.45) is 0 Å². The van der Waals surface area contributed by atoms with Crippen LogP contribution in [0.25, 0.3) is 11.3 Å². The van der Waals surface area contributed by atoms with E-state index in [0.29, 0.717) is 17.8 Å². The summed E-state index contributed by atoms with van der Waals surface area (Å²) in [7, 11) is 0. The van der Waals surface area contributed by atoms with Gasteiger partial charge >= 0.3 is 0 Å². The molecule has 0 N–H and O–H groups in total. The minimum absolute atomic E-state index is 0.327. The fourth-order valence-electron chi connectivity index (χ4n) is 1.28. The minimum Gasteiger partial charge on any atom is -0.453 e. The summed E-state index contributed by atoms with van der Waals surface area (Å²) in [4.78, 5) is 10.5. The lowest BCUT2D eigenvalue weighted by molar-refractivity contribution is 0.110. The summed E-state index contributed by atoms with van der Waals surface area (Å²) in [5.41, 5.74) is 0.908. The first-order chi connectivity index (χ1) is 7.22. The van der Waals surface area contributed by atoms with Gasteiger partial charge < -0.3 is 4.42 Å². The Morgan fingerprint density at radius 1 is 1.07 bits per heavy atom. The molecule has 2 rings (SSSR count). The Morgan fingerprint density at radius 3 is 2.27 bits per heavy atom. The van der Waals surface area contributed by atoms with Crippen LogP contribution in [0.2, 0.25) is 0 Å². The average Bonchev–Trinajstić information content (AvgIpc) is 2.66. The highest BCUT2D eigenvalue weighted by molar-refractivity contribution is 9.11. The molecule has 0 aliphatic rings. The summed E-state index contributed by atoms with van der Waals surface area (Å²) in [5.74, 6) is 0.990. The van der Waals surface area contributed by atoms with Crippen LogP contribution in [0.5, 0.6) is 0 Å². The zero-order valence-electron chi connectivity index (χ0n) is 7.54. The quantitative estimate of drug-likeness (QED) is 0.769. The normalized spacial score (nSPS) is 10.3. The van der Waals surface area contributed by atoms with Gasteiger partial charge in [0.15, 0.2) is 12.0 Å². The van der Waals surface area contributed by atoms with Crippen molar-refractivity contribution in [3.8, 4) is 11.3 Å². The number of rotatable bonds is 2. The molecular formula is C11H6Br2O2. The van der Waals surface area contributed by atoms with Gasteiger partial charge in [-0.25, -0.2) is 0 Å². The highest BCUT2D eigenvalue weighted by Crippen LogP contribution is 2.35. The van der Waals surface area contributed by atoms with Crippen LogP contribution < -0.4 is 0 Å². The van der Waals surface area contributed by atoms with E-state index in [1.54, 1.807) is 12.1 Å². The van der Waals surface area contributed by atoms with Gasteiger partial charge in [-0.1, -0.05) is 6.07 Å². The maximum Gasteiger partial charge on any atom is 0.185 e. The topological polar surface area (TPSA) is 30.2 Å². The number of hydrogen-bond acceptors (Lipinski definition) is 2. The maximum atomic E-state index is 10.5. The molecule has 0 aliphatic carbocycles. The van der Waals surface area contributed by atoms with Gasteiger partial charge in [-0.05, 0) is 56.1 Å². The smallest absolute Gasteiger partial charge is 0.185 e. The standard InChI is InChI=1S/C11H6Br2O2/c12-8-2-1-3-9(13)11(8)10-5-4-7(6-14)15-10/h1-6H. The van der Waals surface area contributed by atoms with E-state index in [-0.39, 0.29) is 0 Å². The zero-order chi connectivity index (χ0) is 10.8. The van der Waals surface area contributed by atoms with Gasteiger partial charge in [-0.3, -0.25) is 4.79 Å². The van der Waals surface area contributed by atoms with Crippen LogP contribution in [0.4, 0.5) is 0 Å². The molecule has 0 amide bonds. The molecule has 1 heterocycles. The van der Waals surface area contributed by atoms with Crippen molar-refractivity contribution in [2.45, 2.75) is 0 Å². The van der Waals surface area contributed by atoms with Crippen LogP contribution in [0.3, 0.4) is 0 Å². The lowest BCUT2D eigenvalue weighted by Gasteiger charge is -2.03. The van der Waals surface area contributed by atoms with Gasteiger partial charge in [-0.2, -0.15) is 0 Å². The molecule has 15 heavy (non-hydrogen) atoms. The summed E-state index contributed by atoms with van der Waals surface area (Å²) in [6.45, 7) is 0. The van der Waals surface area contributed by atoms with Crippen LogP contribution in [0, 0.1) is 0 Å². The minimum atomic E-state index is 0.327. The summed E-state index contributed by atoms with van der Waals surface area (Å²) >= 11 is 6.87. The largest absolute Gasteiger partial charge is 0.453 e. The molecule has 0 spiro atoms. The summed E-state index contributed by atoms with van der Waals surface area (Å²) in [6.07, 6.45) is 0.689. The SMILES string of the molecule is O=Cc1ccc(-c2c(Br)cccc2Br)o1. The number of benzene rings is 1. The molecule has 2 nitrogen and oxygen atoms in total.